The summed E-state index contributed by atoms with van der Waals surface area (Å²) >= 11 is 18.3. The minimum absolute atomic E-state index is 0.0923. The Morgan fingerprint density at radius 2 is 1.85 bits per heavy atom. The molecule has 174 valence electrons. The Morgan fingerprint density at radius 3 is 2.55 bits per heavy atom. The Kier molecular flexibility index (Phi) is 7.14. The number of benzene rings is 2. The third kappa shape index (κ3) is 4.82. The van der Waals surface area contributed by atoms with Crippen LogP contribution in [0.5, 0.6) is 0 Å². The van der Waals surface area contributed by atoms with Crippen LogP contribution in [-0.4, -0.2) is 51.6 Å². The molecule has 0 aliphatic carbocycles. The normalized spacial score (nSPS) is 15.6. The zero-order valence-corrected chi connectivity index (χ0v) is 20.6. The number of carbonyl (C=O) groups excluding carboxylic acids is 1. The lowest BCUT2D eigenvalue weighted by Crippen LogP contribution is -2.51. The average Bonchev–Trinajstić information content (AvgIpc) is 2.82. The highest BCUT2D eigenvalue weighted by Crippen LogP contribution is 2.30. The third-order valence-corrected chi connectivity index (χ3v) is 7.03. The number of nitrogens with zero attached hydrogens (tertiary/aromatic N) is 4. The van der Waals surface area contributed by atoms with Gasteiger partial charge in [0.1, 0.15) is 5.82 Å². The van der Waals surface area contributed by atoms with Gasteiger partial charge in [0, 0.05) is 37.7 Å². The van der Waals surface area contributed by atoms with Crippen molar-refractivity contribution >= 4 is 57.4 Å². The molecule has 0 saturated carbocycles. The highest BCUT2D eigenvalue weighted by molar-refractivity contribution is 6.44. The molecular weight excluding hydrogens is 485 g/mol. The maximum absolute atomic E-state index is 13.1. The number of urea groups is 1. The van der Waals surface area contributed by atoms with Crippen LogP contribution in [0.15, 0.2) is 41.2 Å². The maximum Gasteiger partial charge on any atom is 0.321 e. The first-order valence-electron chi connectivity index (χ1n) is 10.7. The van der Waals surface area contributed by atoms with Crippen molar-refractivity contribution in [3.05, 3.63) is 67.6 Å². The number of carbonyl (C=O) groups is 1. The maximum atomic E-state index is 13.1. The van der Waals surface area contributed by atoms with Crippen LogP contribution in [0.1, 0.15) is 25.7 Å². The SMILES string of the molecule is CCn1c(C(C)N2CCN(C(=O)Nc3cccc(Cl)c3Cl)CC2)nc2ccc(Cl)cc2c1=O. The number of hydrogen-bond acceptors (Lipinski definition) is 4. The van der Waals surface area contributed by atoms with Crippen molar-refractivity contribution in [2.24, 2.45) is 0 Å². The lowest BCUT2D eigenvalue weighted by Gasteiger charge is -2.38. The van der Waals surface area contributed by atoms with E-state index in [2.05, 4.69) is 10.2 Å². The van der Waals surface area contributed by atoms with Crippen LogP contribution in [0.25, 0.3) is 10.9 Å². The van der Waals surface area contributed by atoms with E-state index in [0.717, 1.165) is 0 Å². The minimum Gasteiger partial charge on any atom is -0.322 e. The number of fused-ring (bicyclic) bond motifs is 1. The molecule has 0 spiro atoms. The van der Waals surface area contributed by atoms with Gasteiger partial charge in [-0.15, -0.1) is 0 Å². The van der Waals surface area contributed by atoms with Crippen LogP contribution in [0.2, 0.25) is 15.1 Å². The van der Waals surface area contributed by atoms with Crippen molar-refractivity contribution in [1.82, 2.24) is 19.4 Å². The second-order valence-electron chi connectivity index (χ2n) is 7.91. The van der Waals surface area contributed by atoms with E-state index in [9.17, 15) is 9.59 Å². The summed E-state index contributed by atoms with van der Waals surface area (Å²) in [6, 6.07) is 9.99. The van der Waals surface area contributed by atoms with Crippen LogP contribution in [-0.2, 0) is 6.54 Å². The molecule has 2 amide bonds. The topological polar surface area (TPSA) is 70.5 Å². The molecule has 0 radical (unpaired) electrons. The zero-order valence-electron chi connectivity index (χ0n) is 18.3. The number of piperazine rings is 1. The molecule has 2 aromatic carbocycles. The Hall–Kier alpha value is -2.32. The monoisotopic (exact) mass is 507 g/mol. The standard InChI is InChI=1S/C23H24Cl3N5O2/c1-3-31-21(27-18-8-7-15(24)13-16(18)22(31)32)14(2)29-9-11-30(12-10-29)23(33)28-19-6-4-5-17(25)20(19)26/h4-8,13-14H,3,9-12H2,1-2H3,(H,28,33). The number of hydrogen-bond donors (Lipinski definition) is 1. The average molecular weight is 509 g/mol. The second-order valence-corrected chi connectivity index (χ2v) is 9.13. The summed E-state index contributed by atoms with van der Waals surface area (Å²) in [7, 11) is 0. The van der Waals surface area contributed by atoms with Gasteiger partial charge in [-0.2, -0.15) is 0 Å². The molecule has 1 aliphatic heterocycles. The van der Waals surface area contributed by atoms with Crippen LogP contribution in [0.3, 0.4) is 0 Å². The largest absolute Gasteiger partial charge is 0.322 e. The Labute approximate surface area is 206 Å². The number of anilines is 1. The fourth-order valence-electron chi connectivity index (χ4n) is 4.11. The van der Waals surface area contributed by atoms with Gasteiger partial charge in [-0.3, -0.25) is 14.3 Å². The van der Waals surface area contributed by atoms with Crippen LogP contribution < -0.4 is 10.9 Å². The summed E-state index contributed by atoms with van der Waals surface area (Å²) in [5, 5.41) is 4.57. The lowest BCUT2D eigenvalue weighted by atomic mass is 10.2. The van der Waals surface area contributed by atoms with E-state index >= 15 is 0 Å². The summed E-state index contributed by atoms with van der Waals surface area (Å²) in [6.45, 7) is 6.85. The second kappa shape index (κ2) is 9.89. The van der Waals surface area contributed by atoms with Gasteiger partial charge < -0.3 is 10.2 Å². The zero-order chi connectivity index (χ0) is 23.7. The molecule has 2 heterocycles. The van der Waals surface area contributed by atoms with Gasteiger partial charge in [0.25, 0.3) is 5.56 Å². The highest BCUT2D eigenvalue weighted by Gasteiger charge is 2.28. The van der Waals surface area contributed by atoms with Crippen molar-refractivity contribution in [2.75, 3.05) is 31.5 Å². The molecular formula is C23H24Cl3N5O2. The van der Waals surface area contributed by atoms with E-state index in [0.29, 0.717) is 70.2 Å². The molecule has 1 fully saturated rings. The fourth-order valence-corrected chi connectivity index (χ4v) is 4.62. The van der Waals surface area contributed by atoms with Crippen molar-refractivity contribution in [2.45, 2.75) is 26.4 Å². The predicted octanol–water partition coefficient (Wildman–Crippen LogP) is 5.29. The van der Waals surface area contributed by atoms with Gasteiger partial charge >= 0.3 is 6.03 Å². The fraction of sp³-hybridized carbons (Fsp3) is 0.348. The quantitative estimate of drug-likeness (QED) is 0.520. The summed E-state index contributed by atoms with van der Waals surface area (Å²) in [6.07, 6.45) is 0. The van der Waals surface area contributed by atoms with E-state index in [1.54, 1.807) is 45.9 Å². The van der Waals surface area contributed by atoms with Gasteiger partial charge in [0.05, 0.1) is 32.7 Å². The van der Waals surface area contributed by atoms with Crippen molar-refractivity contribution in [3.8, 4) is 0 Å². The minimum atomic E-state index is -0.224. The third-order valence-electron chi connectivity index (χ3n) is 5.98. The first-order valence-corrected chi connectivity index (χ1v) is 11.9. The molecule has 10 heteroatoms. The lowest BCUT2D eigenvalue weighted by molar-refractivity contribution is 0.114. The molecule has 0 bridgehead atoms. The summed E-state index contributed by atoms with van der Waals surface area (Å²) < 4.78 is 1.70. The molecule has 1 saturated heterocycles. The van der Waals surface area contributed by atoms with E-state index in [1.807, 2.05) is 13.8 Å². The Morgan fingerprint density at radius 1 is 1.12 bits per heavy atom. The number of aromatic nitrogens is 2. The predicted molar refractivity (Wildman–Crippen MR) is 134 cm³/mol. The van der Waals surface area contributed by atoms with Crippen molar-refractivity contribution < 1.29 is 4.79 Å². The summed E-state index contributed by atoms with van der Waals surface area (Å²) in [5.41, 5.74) is 1.02. The smallest absolute Gasteiger partial charge is 0.321 e. The first-order chi connectivity index (χ1) is 15.8. The van der Waals surface area contributed by atoms with Crippen LogP contribution in [0.4, 0.5) is 10.5 Å². The molecule has 1 N–H and O–H groups in total. The van der Waals surface area contributed by atoms with E-state index in [1.165, 1.54) is 0 Å². The molecule has 1 aliphatic rings. The first kappa shape index (κ1) is 23.8. The van der Waals surface area contributed by atoms with E-state index in [4.69, 9.17) is 39.8 Å². The summed E-state index contributed by atoms with van der Waals surface area (Å²) in [5.74, 6) is 0.709. The Balaban J connectivity index is 1.48. The number of amides is 2. The molecule has 4 rings (SSSR count). The molecule has 1 unspecified atom stereocenters. The van der Waals surface area contributed by atoms with Crippen LogP contribution >= 0.6 is 34.8 Å². The van der Waals surface area contributed by atoms with Gasteiger partial charge in [0.15, 0.2) is 0 Å². The van der Waals surface area contributed by atoms with Crippen LogP contribution in [0, 0.1) is 0 Å². The highest BCUT2D eigenvalue weighted by atomic mass is 35.5. The van der Waals surface area contributed by atoms with Gasteiger partial charge in [-0.25, -0.2) is 9.78 Å². The van der Waals surface area contributed by atoms with Crippen molar-refractivity contribution in [3.63, 3.8) is 0 Å². The Bertz CT molecular complexity index is 1250. The molecule has 33 heavy (non-hydrogen) atoms. The van der Waals surface area contributed by atoms with Gasteiger partial charge in [-0.1, -0.05) is 40.9 Å². The molecule has 3 aromatic rings. The summed E-state index contributed by atoms with van der Waals surface area (Å²) in [4.78, 5) is 34.5. The molecule has 7 nitrogen and oxygen atoms in total. The number of nitrogens with one attached hydrogen (secondary N) is 1. The number of halogens is 3. The number of rotatable bonds is 4. The molecule has 1 aromatic heterocycles. The van der Waals surface area contributed by atoms with E-state index < -0.39 is 0 Å². The van der Waals surface area contributed by atoms with Crippen molar-refractivity contribution in [1.29, 1.82) is 0 Å². The van der Waals surface area contributed by atoms with Gasteiger partial charge in [-0.05, 0) is 44.2 Å². The van der Waals surface area contributed by atoms with Gasteiger partial charge in [0.2, 0.25) is 0 Å². The molecule has 1 atom stereocenters. The van der Waals surface area contributed by atoms with E-state index in [-0.39, 0.29) is 17.6 Å².